The molecule has 1 aromatic heterocycles. The Balaban J connectivity index is 2.02. The first kappa shape index (κ1) is 14.8. The number of rotatable bonds is 5. The van der Waals surface area contributed by atoms with Crippen LogP contribution >= 0.6 is 11.8 Å². The lowest BCUT2D eigenvalue weighted by molar-refractivity contribution is 0.0624. The molecule has 106 valence electrons. The second kappa shape index (κ2) is 6.20. The summed E-state index contributed by atoms with van der Waals surface area (Å²) in [4.78, 5) is 4.14. The largest absolute Gasteiger partial charge is 0.388 e. The number of halogens is 1. The highest BCUT2D eigenvalue weighted by Gasteiger charge is 2.32. The van der Waals surface area contributed by atoms with Gasteiger partial charge in [0.2, 0.25) is 0 Å². The third-order valence-corrected chi connectivity index (χ3v) is 4.70. The van der Waals surface area contributed by atoms with Gasteiger partial charge in [0.15, 0.2) is 0 Å². The zero-order valence-corrected chi connectivity index (χ0v) is 12.2. The summed E-state index contributed by atoms with van der Waals surface area (Å²) >= 11 is 1.78. The van der Waals surface area contributed by atoms with Gasteiger partial charge in [-0.3, -0.25) is 4.98 Å². The molecule has 0 aliphatic carbocycles. The Hall–Kier alpha value is -0.650. The van der Waals surface area contributed by atoms with Crippen molar-refractivity contribution in [1.82, 2.24) is 10.3 Å². The monoisotopic (exact) mass is 284 g/mol. The van der Waals surface area contributed by atoms with E-state index in [2.05, 4.69) is 24.1 Å². The molecule has 1 aromatic rings. The molecule has 5 heteroatoms. The molecule has 0 saturated carbocycles. The van der Waals surface area contributed by atoms with Crippen LogP contribution in [0.2, 0.25) is 0 Å². The van der Waals surface area contributed by atoms with Crippen LogP contribution in [-0.2, 0) is 0 Å². The zero-order chi connectivity index (χ0) is 13.9. The third kappa shape index (κ3) is 3.91. The average Bonchev–Trinajstić information content (AvgIpc) is 2.78. The van der Waals surface area contributed by atoms with Gasteiger partial charge in [0, 0.05) is 12.3 Å². The van der Waals surface area contributed by atoms with Crippen LogP contribution in [0.25, 0.3) is 0 Å². The average molecular weight is 284 g/mol. The van der Waals surface area contributed by atoms with Gasteiger partial charge in [0.25, 0.3) is 0 Å². The second-order valence-corrected chi connectivity index (χ2v) is 6.64. The van der Waals surface area contributed by atoms with Crippen molar-refractivity contribution in [1.29, 1.82) is 0 Å². The molecule has 0 bridgehead atoms. The number of nitrogens with one attached hydrogen (secondary N) is 1. The van der Waals surface area contributed by atoms with Crippen LogP contribution in [0.5, 0.6) is 0 Å². The van der Waals surface area contributed by atoms with Crippen molar-refractivity contribution in [3.8, 4) is 0 Å². The van der Waals surface area contributed by atoms with Crippen molar-refractivity contribution in [2.24, 2.45) is 5.92 Å². The van der Waals surface area contributed by atoms with Crippen molar-refractivity contribution in [2.45, 2.75) is 31.9 Å². The molecule has 0 aromatic carbocycles. The molecule has 0 radical (unpaired) electrons. The van der Waals surface area contributed by atoms with Gasteiger partial charge in [-0.15, -0.1) is 0 Å². The zero-order valence-electron chi connectivity index (χ0n) is 11.4. The molecule has 1 fully saturated rings. The van der Waals surface area contributed by atoms with Crippen molar-refractivity contribution < 1.29 is 9.50 Å². The summed E-state index contributed by atoms with van der Waals surface area (Å²) in [7, 11) is 0. The summed E-state index contributed by atoms with van der Waals surface area (Å²) in [6.45, 7) is 4.74. The maximum atomic E-state index is 12.9. The molecular weight excluding hydrogens is 263 g/mol. The molecular formula is C14H21FN2OS. The lowest BCUT2D eigenvalue weighted by atomic mass is 9.97. The molecule has 0 amide bonds. The Morgan fingerprint density at radius 1 is 1.53 bits per heavy atom. The summed E-state index contributed by atoms with van der Waals surface area (Å²) in [6, 6.07) is 3.18. The minimum atomic E-state index is -0.613. The van der Waals surface area contributed by atoms with Crippen molar-refractivity contribution in [3.05, 3.63) is 29.8 Å². The van der Waals surface area contributed by atoms with E-state index < -0.39 is 5.60 Å². The van der Waals surface area contributed by atoms with Crippen LogP contribution in [-0.4, -0.2) is 33.7 Å². The molecule has 0 spiro atoms. The number of thioether (sulfide) groups is 1. The first-order chi connectivity index (χ1) is 9.00. The number of pyridine rings is 1. The van der Waals surface area contributed by atoms with Gasteiger partial charge in [-0.25, -0.2) is 4.39 Å². The van der Waals surface area contributed by atoms with Gasteiger partial charge in [0.05, 0.1) is 23.5 Å². The maximum Gasteiger partial charge on any atom is 0.141 e. The van der Waals surface area contributed by atoms with E-state index in [1.54, 1.807) is 17.8 Å². The van der Waals surface area contributed by atoms with Crippen LogP contribution < -0.4 is 5.32 Å². The summed E-state index contributed by atoms with van der Waals surface area (Å²) < 4.78 is 12.9. The smallest absolute Gasteiger partial charge is 0.141 e. The molecule has 2 unspecified atom stereocenters. The van der Waals surface area contributed by atoms with Crippen LogP contribution in [0.3, 0.4) is 0 Å². The van der Waals surface area contributed by atoms with Crippen molar-refractivity contribution in [2.75, 3.05) is 18.1 Å². The predicted octanol–water partition coefficient (Wildman–Crippen LogP) is 2.38. The quantitative estimate of drug-likeness (QED) is 0.871. The van der Waals surface area contributed by atoms with E-state index in [-0.39, 0.29) is 11.9 Å². The molecule has 3 nitrogen and oxygen atoms in total. The summed E-state index contributed by atoms with van der Waals surface area (Å²) in [5.41, 5.74) is 0.211. The predicted molar refractivity (Wildman–Crippen MR) is 76.7 cm³/mol. The van der Waals surface area contributed by atoms with Gasteiger partial charge in [-0.05, 0) is 30.2 Å². The Kier molecular flexibility index (Phi) is 4.81. The maximum absolute atomic E-state index is 12.9. The molecule has 2 atom stereocenters. The Bertz CT molecular complexity index is 404. The van der Waals surface area contributed by atoms with E-state index in [1.165, 1.54) is 12.3 Å². The van der Waals surface area contributed by atoms with E-state index in [0.717, 1.165) is 23.6 Å². The normalized spacial score (nSPS) is 24.9. The molecule has 1 aliphatic heterocycles. The first-order valence-corrected chi connectivity index (χ1v) is 7.81. The number of aliphatic hydroxyl groups is 1. The summed E-state index contributed by atoms with van der Waals surface area (Å²) in [6.07, 6.45) is 2.07. The number of hydrogen-bond donors (Lipinski definition) is 2. The SMILES string of the molecule is CC(C)C(NCC1(O)CCSC1)c1ccc(F)cn1. The van der Waals surface area contributed by atoms with Gasteiger partial charge < -0.3 is 10.4 Å². The summed E-state index contributed by atoms with van der Waals surface area (Å²) in [5, 5.41) is 13.7. The lowest BCUT2D eigenvalue weighted by Gasteiger charge is -2.28. The highest BCUT2D eigenvalue weighted by Crippen LogP contribution is 2.28. The molecule has 2 heterocycles. The molecule has 19 heavy (non-hydrogen) atoms. The minimum absolute atomic E-state index is 0.0372. The van der Waals surface area contributed by atoms with Gasteiger partial charge in [-0.1, -0.05) is 13.8 Å². The molecule has 2 N–H and O–H groups in total. The van der Waals surface area contributed by atoms with E-state index >= 15 is 0 Å². The van der Waals surface area contributed by atoms with Crippen molar-refractivity contribution >= 4 is 11.8 Å². The van der Waals surface area contributed by atoms with Crippen LogP contribution in [0.4, 0.5) is 4.39 Å². The third-order valence-electron chi connectivity index (χ3n) is 3.47. The lowest BCUT2D eigenvalue weighted by Crippen LogP contribution is -2.43. The molecule has 1 saturated heterocycles. The van der Waals surface area contributed by atoms with E-state index in [9.17, 15) is 9.50 Å². The fourth-order valence-electron chi connectivity index (χ4n) is 2.29. The standard InChI is InChI=1S/C14H21FN2OS/c1-10(2)13(12-4-3-11(15)7-16-12)17-8-14(18)5-6-19-9-14/h3-4,7,10,13,17-18H,5-6,8-9H2,1-2H3. The van der Waals surface area contributed by atoms with E-state index in [0.29, 0.717) is 12.5 Å². The minimum Gasteiger partial charge on any atom is -0.388 e. The number of hydrogen-bond acceptors (Lipinski definition) is 4. The number of aromatic nitrogens is 1. The van der Waals surface area contributed by atoms with Crippen LogP contribution in [0.1, 0.15) is 32.0 Å². The van der Waals surface area contributed by atoms with E-state index in [4.69, 9.17) is 0 Å². The highest BCUT2D eigenvalue weighted by atomic mass is 32.2. The molecule has 1 aliphatic rings. The number of nitrogens with zero attached hydrogens (tertiary/aromatic N) is 1. The second-order valence-electron chi connectivity index (χ2n) is 5.53. The molecule has 2 rings (SSSR count). The van der Waals surface area contributed by atoms with Gasteiger partial charge in [0.1, 0.15) is 5.82 Å². The fourth-order valence-corrected chi connectivity index (χ4v) is 3.58. The Morgan fingerprint density at radius 2 is 2.32 bits per heavy atom. The highest BCUT2D eigenvalue weighted by molar-refractivity contribution is 7.99. The Morgan fingerprint density at radius 3 is 2.84 bits per heavy atom. The van der Waals surface area contributed by atoms with Gasteiger partial charge >= 0.3 is 0 Å². The Labute approximate surface area is 118 Å². The van der Waals surface area contributed by atoms with Crippen molar-refractivity contribution in [3.63, 3.8) is 0 Å². The van der Waals surface area contributed by atoms with Crippen LogP contribution in [0, 0.1) is 11.7 Å². The van der Waals surface area contributed by atoms with E-state index in [1.807, 2.05) is 0 Å². The first-order valence-electron chi connectivity index (χ1n) is 6.65. The topological polar surface area (TPSA) is 45.1 Å². The fraction of sp³-hybridized carbons (Fsp3) is 0.643. The van der Waals surface area contributed by atoms with Crippen LogP contribution in [0.15, 0.2) is 18.3 Å². The summed E-state index contributed by atoms with van der Waals surface area (Å²) in [5.74, 6) is 1.80. The van der Waals surface area contributed by atoms with Gasteiger partial charge in [-0.2, -0.15) is 11.8 Å².